The van der Waals surface area contributed by atoms with Crippen LogP contribution in [0.5, 0.6) is 0 Å². The van der Waals surface area contributed by atoms with E-state index in [4.69, 9.17) is 5.10 Å². The van der Waals surface area contributed by atoms with E-state index in [9.17, 15) is 0 Å². The Morgan fingerprint density at radius 1 is 1.09 bits per heavy atom. The number of hydrogen-bond acceptors (Lipinski definition) is 3. The van der Waals surface area contributed by atoms with Gasteiger partial charge in [0, 0.05) is 28.9 Å². The largest absolute Gasteiger partial charge is 0.368 e. The Balaban J connectivity index is 2.24. The Labute approximate surface area is 131 Å². The molecule has 0 atom stereocenters. The minimum absolute atomic E-state index is 0.344. The smallest absolute Gasteiger partial charge is 0.161 e. The molecule has 4 heteroatoms. The van der Waals surface area contributed by atoms with Crippen molar-refractivity contribution in [3.8, 4) is 11.3 Å². The van der Waals surface area contributed by atoms with E-state index in [1.54, 1.807) is 0 Å². The number of rotatable bonds is 3. The summed E-state index contributed by atoms with van der Waals surface area (Å²) in [6.45, 7) is 10.5. The summed E-state index contributed by atoms with van der Waals surface area (Å²) in [5.41, 5.74) is 6.39. The van der Waals surface area contributed by atoms with Gasteiger partial charge in [-0.05, 0) is 40.7 Å². The van der Waals surface area contributed by atoms with Gasteiger partial charge >= 0.3 is 0 Å². The van der Waals surface area contributed by atoms with E-state index in [-0.39, 0.29) is 0 Å². The van der Waals surface area contributed by atoms with Crippen molar-refractivity contribution in [3.05, 3.63) is 47.2 Å². The second-order valence-electron chi connectivity index (χ2n) is 6.16. The molecule has 0 saturated carbocycles. The third-order valence-corrected chi connectivity index (χ3v) is 3.68. The molecule has 0 bridgehead atoms. The first-order chi connectivity index (χ1) is 10.5. The van der Waals surface area contributed by atoms with Gasteiger partial charge in [-0.25, -0.2) is 4.98 Å². The van der Waals surface area contributed by atoms with Crippen molar-refractivity contribution in [3.63, 3.8) is 0 Å². The monoisotopic (exact) mass is 294 g/mol. The summed E-state index contributed by atoms with van der Waals surface area (Å²) in [7, 11) is 0. The Hall–Kier alpha value is -2.36. The van der Waals surface area contributed by atoms with Crippen LogP contribution in [-0.4, -0.2) is 20.6 Å². The minimum Gasteiger partial charge on any atom is -0.368 e. The van der Waals surface area contributed by atoms with E-state index in [0.29, 0.717) is 6.04 Å². The molecule has 0 spiro atoms. The zero-order valence-corrected chi connectivity index (χ0v) is 13.8. The van der Waals surface area contributed by atoms with Crippen LogP contribution in [0.4, 0.5) is 5.82 Å². The normalized spacial score (nSPS) is 11.4. The van der Waals surface area contributed by atoms with Crippen molar-refractivity contribution in [1.29, 1.82) is 0 Å². The quantitative estimate of drug-likeness (QED) is 0.789. The van der Waals surface area contributed by atoms with E-state index in [2.05, 4.69) is 62.3 Å². The van der Waals surface area contributed by atoms with Gasteiger partial charge in [0.2, 0.25) is 0 Å². The van der Waals surface area contributed by atoms with E-state index in [1.807, 2.05) is 17.5 Å². The third-order valence-electron chi connectivity index (χ3n) is 3.68. The highest BCUT2D eigenvalue weighted by molar-refractivity contribution is 5.72. The van der Waals surface area contributed by atoms with Crippen molar-refractivity contribution in [2.45, 2.75) is 40.7 Å². The van der Waals surface area contributed by atoms with E-state index < -0.39 is 0 Å². The number of aromatic nitrogens is 3. The predicted octanol–water partition coefficient (Wildman–Crippen LogP) is 4.14. The lowest BCUT2D eigenvalue weighted by Crippen LogP contribution is -2.14. The summed E-state index contributed by atoms with van der Waals surface area (Å²) < 4.78 is 1.92. The molecule has 2 aromatic heterocycles. The highest BCUT2D eigenvalue weighted by atomic mass is 15.3. The molecule has 4 nitrogen and oxygen atoms in total. The molecule has 0 amide bonds. The summed E-state index contributed by atoms with van der Waals surface area (Å²) in [5.74, 6) is 0.986. The maximum Gasteiger partial charge on any atom is 0.161 e. The minimum atomic E-state index is 0.344. The fourth-order valence-corrected chi connectivity index (χ4v) is 2.71. The van der Waals surface area contributed by atoms with E-state index in [1.165, 1.54) is 5.56 Å². The molecule has 0 saturated heterocycles. The maximum absolute atomic E-state index is 4.81. The lowest BCUT2D eigenvalue weighted by atomic mass is 10.1. The lowest BCUT2D eigenvalue weighted by Gasteiger charge is -2.12. The number of aryl methyl sites for hydroxylation is 3. The number of nitrogens with zero attached hydrogens (tertiary/aromatic N) is 3. The van der Waals surface area contributed by atoms with Crippen LogP contribution >= 0.6 is 0 Å². The Kier molecular flexibility index (Phi) is 3.61. The number of fused-ring (bicyclic) bond motifs is 1. The van der Waals surface area contributed by atoms with Crippen molar-refractivity contribution < 1.29 is 0 Å². The van der Waals surface area contributed by atoms with Crippen LogP contribution in [0.25, 0.3) is 16.9 Å². The van der Waals surface area contributed by atoms with E-state index >= 15 is 0 Å². The highest BCUT2D eigenvalue weighted by Gasteiger charge is 2.15. The summed E-state index contributed by atoms with van der Waals surface area (Å²) in [6.07, 6.45) is 0. The molecule has 0 aliphatic heterocycles. The van der Waals surface area contributed by atoms with Crippen LogP contribution in [0.1, 0.15) is 30.7 Å². The zero-order chi connectivity index (χ0) is 15.9. The third kappa shape index (κ3) is 2.56. The van der Waals surface area contributed by atoms with Gasteiger partial charge in [0.05, 0.1) is 5.69 Å². The van der Waals surface area contributed by atoms with Crippen LogP contribution in [0, 0.1) is 20.8 Å². The fourth-order valence-electron chi connectivity index (χ4n) is 2.71. The van der Waals surface area contributed by atoms with Crippen LogP contribution in [0.3, 0.4) is 0 Å². The topological polar surface area (TPSA) is 42.2 Å². The molecule has 22 heavy (non-hydrogen) atoms. The van der Waals surface area contributed by atoms with Gasteiger partial charge in [-0.3, -0.25) is 0 Å². The molecular formula is C18H22N4. The van der Waals surface area contributed by atoms with Gasteiger partial charge in [-0.1, -0.05) is 23.8 Å². The van der Waals surface area contributed by atoms with Crippen molar-refractivity contribution >= 4 is 11.5 Å². The van der Waals surface area contributed by atoms with Gasteiger partial charge < -0.3 is 5.32 Å². The molecule has 3 aromatic rings. The standard InChI is InChI=1S/C18H22N4/c1-11(2)19-16-10-13(4)20-18-14(5)17(21-22(16)18)15-8-6-7-12(3)9-15/h6-11,19H,1-5H3. The van der Waals surface area contributed by atoms with Crippen LogP contribution in [0.2, 0.25) is 0 Å². The van der Waals surface area contributed by atoms with E-state index in [0.717, 1.165) is 34.0 Å². The first kappa shape index (κ1) is 14.6. The van der Waals surface area contributed by atoms with Gasteiger partial charge in [-0.2, -0.15) is 9.61 Å². The second kappa shape index (κ2) is 5.44. The molecule has 0 fully saturated rings. The Bertz CT molecular complexity index is 830. The van der Waals surface area contributed by atoms with Gasteiger partial charge in [0.15, 0.2) is 5.65 Å². The predicted molar refractivity (Wildman–Crippen MR) is 91.4 cm³/mol. The van der Waals surface area contributed by atoms with Gasteiger partial charge in [0.1, 0.15) is 5.82 Å². The van der Waals surface area contributed by atoms with Crippen molar-refractivity contribution in [2.24, 2.45) is 0 Å². The number of hydrogen-bond donors (Lipinski definition) is 1. The Morgan fingerprint density at radius 2 is 1.86 bits per heavy atom. The number of anilines is 1. The number of benzene rings is 1. The van der Waals surface area contributed by atoms with Crippen LogP contribution in [-0.2, 0) is 0 Å². The van der Waals surface area contributed by atoms with Crippen molar-refractivity contribution in [1.82, 2.24) is 14.6 Å². The maximum atomic E-state index is 4.81. The van der Waals surface area contributed by atoms with Crippen molar-refractivity contribution in [2.75, 3.05) is 5.32 Å². The molecule has 114 valence electrons. The molecule has 0 unspecified atom stereocenters. The SMILES string of the molecule is Cc1cccc(-c2nn3c(NC(C)C)cc(C)nc3c2C)c1. The molecule has 3 rings (SSSR count). The summed E-state index contributed by atoms with van der Waals surface area (Å²) in [4.78, 5) is 4.67. The molecule has 0 aliphatic rings. The summed E-state index contributed by atoms with van der Waals surface area (Å²) >= 11 is 0. The van der Waals surface area contributed by atoms with Gasteiger partial charge in [-0.15, -0.1) is 0 Å². The van der Waals surface area contributed by atoms with Crippen LogP contribution < -0.4 is 5.32 Å². The molecule has 1 N–H and O–H groups in total. The average molecular weight is 294 g/mol. The fraction of sp³-hybridized carbons (Fsp3) is 0.333. The lowest BCUT2D eigenvalue weighted by molar-refractivity contribution is 0.849. The first-order valence-electron chi connectivity index (χ1n) is 7.66. The molecule has 0 radical (unpaired) electrons. The first-order valence-corrected chi connectivity index (χ1v) is 7.66. The average Bonchev–Trinajstić information content (AvgIpc) is 2.76. The van der Waals surface area contributed by atoms with Crippen LogP contribution in [0.15, 0.2) is 30.3 Å². The zero-order valence-electron chi connectivity index (χ0n) is 13.8. The highest BCUT2D eigenvalue weighted by Crippen LogP contribution is 2.27. The summed E-state index contributed by atoms with van der Waals surface area (Å²) in [6, 6.07) is 10.8. The summed E-state index contributed by atoms with van der Waals surface area (Å²) in [5, 5.41) is 8.26. The number of nitrogens with one attached hydrogen (secondary N) is 1. The molecular weight excluding hydrogens is 272 g/mol. The second-order valence-corrected chi connectivity index (χ2v) is 6.16. The van der Waals surface area contributed by atoms with Gasteiger partial charge in [0.25, 0.3) is 0 Å². The molecule has 0 aliphatic carbocycles. The molecule has 2 heterocycles. The Morgan fingerprint density at radius 3 is 2.55 bits per heavy atom. The molecule has 1 aromatic carbocycles.